The second kappa shape index (κ2) is 6.64. The minimum Gasteiger partial charge on any atom is -0.351 e. The molecule has 0 fully saturated rings. The van der Waals surface area contributed by atoms with Gasteiger partial charge in [0.15, 0.2) is 0 Å². The van der Waals surface area contributed by atoms with Crippen LogP contribution < -0.4 is 5.32 Å². The van der Waals surface area contributed by atoms with Gasteiger partial charge in [0, 0.05) is 25.0 Å². The van der Waals surface area contributed by atoms with E-state index in [0.717, 1.165) is 35.4 Å². The van der Waals surface area contributed by atoms with E-state index in [4.69, 9.17) is 0 Å². The molecule has 6 nitrogen and oxygen atoms in total. The first-order valence-electron chi connectivity index (χ1n) is 7.84. The standard InChI is InChI=1S/C17H21N5O/c1-3-14(10-22-7-6-18-11-22)21-17(23)9-13-4-5-15-16(8-13)20-12(2)19-15/h4-8,11,14H,3,9-10H2,1-2H3,(H,19,20)(H,21,23)/t14-/m0/s1. The highest BCUT2D eigenvalue weighted by Gasteiger charge is 2.12. The normalized spacial score (nSPS) is 12.4. The molecular weight excluding hydrogens is 290 g/mol. The van der Waals surface area contributed by atoms with Crippen LogP contribution in [0, 0.1) is 6.92 Å². The van der Waals surface area contributed by atoms with Crippen LogP contribution in [0.15, 0.2) is 36.9 Å². The van der Waals surface area contributed by atoms with E-state index in [-0.39, 0.29) is 11.9 Å². The topological polar surface area (TPSA) is 75.6 Å². The number of nitrogens with zero attached hydrogens (tertiary/aromatic N) is 3. The Kier molecular flexibility index (Phi) is 4.41. The van der Waals surface area contributed by atoms with Gasteiger partial charge >= 0.3 is 0 Å². The maximum atomic E-state index is 12.3. The van der Waals surface area contributed by atoms with E-state index in [0.29, 0.717) is 6.42 Å². The van der Waals surface area contributed by atoms with Gasteiger partial charge in [-0.3, -0.25) is 4.79 Å². The average molecular weight is 311 g/mol. The first-order chi connectivity index (χ1) is 11.1. The second-order valence-electron chi connectivity index (χ2n) is 5.78. The molecule has 6 heteroatoms. The molecule has 0 aliphatic carbocycles. The third-order valence-corrected chi connectivity index (χ3v) is 3.88. The van der Waals surface area contributed by atoms with Crippen molar-refractivity contribution in [2.75, 3.05) is 0 Å². The smallest absolute Gasteiger partial charge is 0.224 e. The average Bonchev–Trinajstić information content (AvgIpc) is 3.14. The molecule has 1 aromatic carbocycles. The highest BCUT2D eigenvalue weighted by molar-refractivity contribution is 5.81. The number of benzene rings is 1. The minimum absolute atomic E-state index is 0.0348. The molecule has 0 aliphatic rings. The predicted molar refractivity (Wildman–Crippen MR) is 89.0 cm³/mol. The third-order valence-electron chi connectivity index (χ3n) is 3.88. The molecule has 0 bridgehead atoms. The lowest BCUT2D eigenvalue weighted by Gasteiger charge is -2.17. The van der Waals surface area contributed by atoms with Crippen LogP contribution >= 0.6 is 0 Å². The Morgan fingerprint density at radius 3 is 3.04 bits per heavy atom. The molecule has 3 rings (SSSR count). The van der Waals surface area contributed by atoms with Crippen LogP contribution in [0.25, 0.3) is 11.0 Å². The van der Waals surface area contributed by atoms with Gasteiger partial charge in [0.1, 0.15) is 5.82 Å². The molecule has 3 aromatic rings. The number of fused-ring (bicyclic) bond motifs is 1. The number of aromatic amines is 1. The van der Waals surface area contributed by atoms with Gasteiger partial charge < -0.3 is 14.9 Å². The molecule has 0 unspecified atom stereocenters. The van der Waals surface area contributed by atoms with Gasteiger partial charge in [-0.2, -0.15) is 0 Å². The van der Waals surface area contributed by atoms with E-state index in [1.165, 1.54) is 0 Å². The second-order valence-corrected chi connectivity index (χ2v) is 5.78. The number of amides is 1. The molecule has 2 N–H and O–H groups in total. The summed E-state index contributed by atoms with van der Waals surface area (Å²) in [5.41, 5.74) is 2.88. The van der Waals surface area contributed by atoms with Crippen LogP contribution in [-0.2, 0) is 17.8 Å². The Morgan fingerprint density at radius 1 is 1.43 bits per heavy atom. The molecule has 0 saturated carbocycles. The van der Waals surface area contributed by atoms with E-state index in [1.54, 1.807) is 12.5 Å². The molecule has 0 saturated heterocycles. The number of carbonyl (C=O) groups excluding carboxylic acids is 1. The maximum Gasteiger partial charge on any atom is 0.224 e. The van der Waals surface area contributed by atoms with Crippen molar-refractivity contribution in [3.8, 4) is 0 Å². The van der Waals surface area contributed by atoms with Gasteiger partial charge in [-0.05, 0) is 31.0 Å². The van der Waals surface area contributed by atoms with E-state index < -0.39 is 0 Å². The lowest BCUT2D eigenvalue weighted by molar-refractivity contribution is -0.121. The molecule has 120 valence electrons. The molecule has 0 radical (unpaired) electrons. The zero-order chi connectivity index (χ0) is 16.2. The van der Waals surface area contributed by atoms with Gasteiger partial charge in [-0.25, -0.2) is 9.97 Å². The number of hydrogen-bond acceptors (Lipinski definition) is 3. The van der Waals surface area contributed by atoms with Gasteiger partial charge in [0.25, 0.3) is 0 Å². The van der Waals surface area contributed by atoms with Crippen LogP contribution in [0.1, 0.15) is 24.7 Å². The van der Waals surface area contributed by atoms with E-state index in [2.05, 4.69) is 27.2 Å². The molecule has 23 heavy (non-hydrogen) atoms. The number of aromatic nitrogens is 4. The quantitative estimate of drug-likeness (QED) is 0.733. The number of aryl methyl sites for hydroxylation is 1. The Morgan fingerprint density at radius 2 is 2.30 bits per heavy atom. The molecule has 2 heterocycles. The van der Waals surface area contributed by atoms with E-state index >= 15 is 0 Å². The van der Waals surface area contributed by atoms with Gasteiger partial charge in [0.05, 0.1) is 23.8 Å². The van der Waals surface area contributed by atoms with Crippen molar-refractivity contribution in [1.29, 1.82) is 0 Å². The largest absolute Gasteiger partial charge is 0.351 e. The highest BCUT2D eigenvalue weighted by atomic mass is 16.1. The summed E-state index contributed by atoms with van der Waals surface area (Å²) in [6.07, 6.45) is 6.67. The number of hydrogen-bond donors (Lipinski definition) is 2. The monoisotopic (exact) mass is 311 g/mol. The SMILES string of the molecule is CC[C@@H](Cn1ccnc1)NC(=O)Cc1ccc2nc(C)[nH]c2c1. The summed E-state index contributed by atoms with van der Waals surface area (Å²) in [6, 6.07) is 6.00. The summed E-state index contributed by atoms with van der Waals surface area (Å²) >= 11 is 0. The first-order valence-corrected chi connectivity index (χ1v) is 7.84. The maximum absolute atomic E-state index is 12.3. The summed E-state index contributed by atoms with van der Waals surface area (Å²) < 4.78 is 1.98. The van der Waals surface area contributed by atoms with Crippen LogP contribution in [-0.4, -0.2) is 31.5 Å². The number of nitrogens with one attached hydrogen (secondary N) is 2. The zero-order valence-corrected chi connectivity index (χ0v) is 13.4. The number of imidazole rings is 2. The van der Waals surface area contributed by atoms with Crippen molar-refractivity contribution in [1.82, 2.24) is 24.8 Å². The fraction of sp³-hybridized carbons (Fsp3) is 0.353. The molecule has 0 aliphatic heterocycles. The predicted octanol–water partition coefficient (Wildman–Crippen LogP) is 2.21. The fourth-order valence-electron chi connectivity index (χ4n) is 2.68. The Bertz CT molecular complexity index is 791. The Labute approximate surface area is 135 Å². The molecule has 2 aromatic heterocycles. The van der Waals surface area contributed by atoms with Crippen molar-refractivity contribution in [3.63, 3.8) is 0 Å². The fourth-order valence-corrected chi connectivity index (χ4v) is 2.68. The molecule has 0 spiro atoms. The van der Waals surface area contributed by atoms with Crippen molar-refractivity contribution in [2.24, 2.45) is 0 Å². The van der Waals surface area contributed by atoms with Crippen LogP contribution in [0.4, 0.5) is 0 Å². The van der Waals surface area contributed by atoms with Crippen molar-refractivity contribution in [3.05, 3.63) is 48.3 Å². The van der Waals surface area contributed by atoms with Crippen LogP contribution in [0.5, 0.6) is 0 Å². The van der Waals surface area contributed by atoms with Gasteiger partial charge in [0.2, 0.25) is 5.91 Å². The van der Waals surface area contributed by atoms with Crippen molar-refractivity contribution in [2.45, 2.75) is 39.3 Å². The number of carbonyl (C=O) groups is 1. The van der Waals surface area contributed by atoms with Gasteiger partial charge in [-0.15, -0.1) is 0 Å². The minimum atomic E-state index is 0.0348. The number of rotatable bonds is 6. The highest BCUT2D eigenvalue weighted by Crippen LogP contribution is 2.14. The molecule has 1 amide bonds. The lowest BCUT2D eigenvalue weighted by Crippen LogP contribution is -2.38. The van der Waals surface area contributed by atoms with Crippen molar-refractivity contribution < 1.29 is 4.79 Å². The summed E-state index contributed by atoms with van der Waals surface area (Å²) in [5, 5.41) is 3.09. The Balaban J connectivity index is 1.62. The van der Waals surface area contributed by atoms with Gasteiger partial charge in [-0.1, -0.05) is 13.0 Å². The molecular formula is C17H21N5O. The Hall–Kier alpha value is -2.63. The van der Waals surface area contributed by atoms with E-state index in [1.807, 2.05) is 35.9 Å². The first kappa shape index (κ1) is 15.3. The summed E-state index contributed by atoms with van der Waals surface area (Å²) in [7, 11) is 0. The summed E-state index contributed by atoms with van der Waals surface area (Å²) in [5.74, 6) is 0.917. The lowest BCUT2D eigenvalue weighted by atomic mass is 10.1. The van der Waals surface area contributed by atoms with Crippen LogP contribution in [0.2, 0.25) is 0 Å². The van der Waals surface area contributed by atoms with Crippen LogP contribution in [0.3, 0.4) is 0 Å². The van der Waals surface area contributed by atoms with E-state index in [9.17, 15) is 4.79 Å². The number of H-pyrrole nitrogens is 1. The third kappa shape index (κ3) is 3.77. The summed E-state index contributed by atoms with van der Waals surface area (Å²) in [6.45, 7) is 4.73. The zero-order valence-electron chi connectivity index (χ0n) is 13.4. The summed E-state index contributed by atoms with van der Waals surface area (Å²) in [4.78, 5) is 23.9. The van der Waals surface area contributed by atoms with Crippen molar-refractivity contribution >= 4 is 16.9 Å². The molecule has 1 atom stereocenters.